The molecule has 33 heavy (non-hydrogen) atoms. The molecular weight excluding hydrogens is 434 g/mol. The first kappa shape index (κ1) is 25.9. The van der Waals surface area contributed by atoms with Crippen molar-refractivity contribution in [3.63, 3.8) is 0 Å². The molecule has 0 saturated carbocycles. The van der Waals surface area contributed by atoms with Gasteiger partial charge in [-0.05, 0) is 61.8 Å². The van der Waals surface area contributed by atoms with Crippen LogP contribution in [0.5, 0.6) is 0 Å². The van der Waals surface area contributed by atoms with Crippen LogP contribution in [0.1, 0.15) is 61.8 Å². The first-order valence-electron chi connectivity index (χ1n) is 11.4. The molecule has 10 nitrogen and oxygen atoms in total. The summed E-state index contributed by atoms with van der Waals surface area (Å²) in [6, 6.07) is -0.608. The van der Waals surface area contributed by atoms with Crippen LogP contribution in [-0.4, -0.2) is 72.6 Å². The number of carbonyl (C=O) groups is 2. The van der Waals surface area contributed by atoms with Crippen LogP contribution in [0.4, 0.5) is 4.79 Å². The summed E-state index contributed by atoms with van der Waals surface area (Å²) in [7, 11) is 0. The van der Waals surface area contributed by atoms with Crippen molar-refractivity contribution in [2.45, 2.75) is 116 Å². The van der Waals surface area contributed by atoms with E-state index in [-0.39, 0.29) is 13.0 Å². The van der Waals surface area contributed by atoms with E-state index < -0.39 is 66.0 Å². The molecule has 0 aromatic heterocycles. The fourth-order valence-electron chi connectivity index (χ4n) is 4.20. The molecule has 0 radical (unpaired) electrons. The molecule has 3 heterocycles. The number of fused-ring (bicyclic) bond motifs is 3. The first-order chi connectivity index (χ1) is 15.2. The van der Waals surface area contributed by atoms with E-state index in [1.165, 1.54) is 6.08 Å². The van der Waals surface area contributed by atoms with Gasteiger partial charge < -0.3 is 38.5 Å². The number of amides is 1. The number of hydrogen-bond donors (Lipinski definition) is 1. The van der Waals surface area contributed by atoms with E-state index in [1.807, 2.05) is 13.8 Å². The van der Waals surface area contributed by atoms with Gasteiger partial charge in [-0.1, -0.05) is 6.08 Å². The molecular formula is C23H37NO9. The van der Waals surface area contributed by atoms with E-state index in [9.17, 15) is 9.59 Å². The maximum absolute atomic E-state index is 12.6. The van der Waals surface area contributed by atoms with Gasteiger partial charge in [0.2, 0.25) is 0 Å². The minimum Gasteiger partial charge on any atom is -0.463 e. The predicted octanol–water partition coefficient (Wildman–Crippen LogP) is 2.79. The van der Waals surface area contributed by atoms with Crippen molar-refractivity contribution in [1.29, 1.82) is 0 Å². The van der Waals surface area contributed by atoms with E-state index in [0.717, 1.165) is 0 Å². The Morgan fingerprint density at radius 3 is 2.24 bits per heavy atom. The van der Waals surface area contributed by atoms with Gasteiger partial charge in [0.05, 0.1) is 12.6 Å². The first-order valence-corrected chi connectivity index (χ1v) is 11.4. The van der Waals surface area contributed by atoms with Crippen molar-refractivity contribution < 1.29 is 42.7 Å². The van der Waals surface area contributed by atoms with E-state index in [2.05, 4.69) is 5.32 Å². The smallest absolute Gasteiger partial charge is 0.407 e. The summed E-state index contributed by atoms with van der Waals surface area (Å²) in [6.45, 7) is 14.6. The Morgan fingerprint density at radius 2 is 1.61 bits per heavy atom. The molecule has 3 aliphatic rings. The summed E-state index contributed by atoms with van der Waals surface area (Å²) in [5.74, 6) is -2.20. The SMILES string of the molecule is CCOC(=O)/C=C/C[C@H](NC(=O)OC(C)(C)C)[C@H]1O[C@@H]2OC(C)(C)O[C@@H]2[C@H]2OC(C)(C)O[C@H]21. The molecule has 0 aromatic rings. The number of hydrogen-bond acceptors (Lipinski definition) is 9. The number of ether oxygens (including phenoxy) is 7. The van der Waals surface area contributed by atoms with Gasteiger partial charge in [0.15, 0.2) is 17.9 Å². The topological polar surface area (TPSA) is 111 Å². The fourth-order valence-corrected chi connectivity index (χ4v) is 4.20. The Bertz CT molecular complexity index is 758. The lowest BCUT2D eigenvalue weighted by Crippen LogP contribution is -2.61. The Kier molecular flexibility index (Phi) is 7.45. The van der Waals surface area contributed by atoms with Gasteiger partial charge >= 0.3 is 12.1 Å². The van der Waals surface area contributed by atoms with Gasteiger partial charge in [0.25, 0.3) is 0 Å². The lowest BCUT2D eigenvalue weighted by molar-refractivity contribution is -0.239. The fraction of sp³-hybridized carbons (Fsp3) is 0.826. The second-order valence-electron chi connectivity index (χ2n) is 10.3. The highest BCUT2D eigenvalue weighted by Gasteiger charge is 2.61. The summed E-state index contributed by atoms with van der Waals surface area (Å²) in [6.07, 6.45) is -0.266. The van der Waals surface area contributed by atoms with Crippen LogP contribution >= 0.6 is 0 Å². The Labute approximate surface area is 195 Å². The maximum Gasteiger partial charge on any atom is 0.407 e. The monoisotopic (exact) mass is 471 g/mol. The largest absolute Gasteiger partial charge is 0.463 e. The Morgan fingerprint density at radius 1 is 1.00 bits per heavy atom. The molecule has 3 rings (SSSR count). The minimum absolute atomic E-state index is 0.261. The van der Waals surface area contributed by atoms with Crippen molar-refractivity contribution in [1.82, 2.24) is 5.32 Å². The molecule has 6 atom stereocenters. The number of alkyl carbamates (subject to hydrolysis) is 1. The number of rotatable bonds is 6. The lowest BCUT2D eigenvalue weighted by Gasteiger charge is -2.41. The quantitative estimate of drug-likeness (QED) is 0.462. The molecule has 0 spiro atoms. The summed E-state index contributed by atoms with van der Waals surface area (Å²) in [5, 5.41) is 2.87. The van der Waals surface area contributed by atoms with Gasteiger partial charge in [-0.15, -0.1) is 0 Å². The van der Waals surface area contributed by atoms with Crippen molar-refractivity contribution in [3.05, 3.63) is 12.2 Å². The van der Waals surface area contributed by atoms with Crippen molar-refractivity contribution >= 4 is 12.1 Å². The van der Waals surface area contributed by atoms with Gasteiger partial charge in [-0.2, -0.15) is 0 Å². The normalized spacial score (nSPS) is 33.3. The van der Waals surface area contributed by atoms with Crippen molar-refractivity contribution in [3.8, 4) is 0 Å². The van der Waals surface area contributed by atoms with Gasteiger partial charge in [0.1, 0.15) is 30.0 Å². The minimum atomic E-state index is -0.876. The highest BCUT2D eigenvalue weighted by molar-refractivity contribution is 5.81. The predicted molar refractivity (Wildman–Crippen MR) is 116 cm³/mol. The number of esters is 1. The lowest BCUT2D eigenvalue weighted by atomic mass is 9.92. The highest BCUT2D eigenvalue weighted by atomic mass is 16.9. The second kappa shape index (κ2) is 9.50. The number of nitrogens with one attached hydrogen (secondary N) is 1. The second-order valence-corrected chi connectivity index (χ2v) is 10.3. The zero-order chi connectivity index (χ0) is 24.6. The molecule has 0 unspecified atom stereocenters. The zero-order valence-electron chi connectivity index (χ0n) is 20.7. The van der Waals surface area contributed by atoms with E-state index in [1.54, 1.807) is 47.6 Å². The van der Waals surface area contributed by atoms with Crippen molar-refractivity contribution in [2.24, 2.45) is 0 Å². The third kappa shape index (κ3) is 6.66. The molecule has 1 N–H and O–H groups in total. The average molecular weight is 472 g/mol. The summed E-state index contributed by atoms with van der Waals surface area (Å²) in [5.41, 5.74) is -0.683. The van der Waals surface area contributed by atoms with E-state index in [4.69, 9.17) is 33.2 Å². The molecule has 0 aromatic carbocycles. The summed E-state index contributed by atoms with van der Waals surface area (Å²) in [4.78, 5) is 24.4. The molecule has 3 saturated heterocycles. The van der Waals surface area contributed by atoms with Crippen LogP contribution in [0.2, 0.25) is 0 Å². The van der Waals surface area contributed by atoms with Gasteiger partial charge in [-0.25, -0.2) is 9.59 Å². The third-order valence-electron chi connectivity index (χ3n) is 5.22. The Hall–Kier alpha value is -1.72. The molecule has 1 amide bonds. The molecule has 3 fully saturated rings. The summed E-state index contributed by atoms with van der Waals surface area (Å²) >= 11 is 0. The Balaban J connectivity index is 1.85. The zero-order valence-corrected chi connectivity index (χ0v) is 20.7. The van der Waals surface area contributed by atoms with Crippen LogP contribution in [0, 0.1) is 0 Å². The molecule has 0 aliphatic carbocycles. The molecule has 0 bridgehead atoms. The summed E-state index contributed by atoms with van der Waals surface area (Å²) < 4.78 is 41.0. The van der Waals surface area contributed by atoms with Crippen LogP contribution in [0.3, 0.4) is 0 Å². The molecule has 10 heteroatoms. The van der Waals surface area contributed by atoms with Crippen molar-refractivity contribution in [2.75, 3.05) is 6.61 Å². The van der Waals surface area contributed by atoms with Gasteiger partial charge in [-0.3, -0.25) is 0 Å². The van der Waals surface area contributed by atoms with Crippen LogP contribution < -0.4 is 5.32 Å². The molecule has 188 valence electrons. The third-order valence-corrected chi connectivity index (χ3v) is 5.22. The standard InChI is InChI=1S/C23H37NO9/c1-9-27-14(25)12-10-11-13(24-20(26)33-21(2,3)4)15-16-17(30-22(5,6)29-16)18-19(28-15)32-23(7,8)31-18/h10,12-13,15-19H,9,11H2,1-8H3,(H,24,26)/b12-10+/t13-,15+,16-,17-,18+,19+/m0/s1. The van der Waals surface area contributed by atoms with Crippen LogP contribution in [0.15, 0.2) is 12.2 Å². The van der Waals surface area contributed by atoms with E-state index >= 15 is 0 Å². The van der Waals surface area contributed by atoms with Crippen LogP contribution in [-0.2, 0) is 38.0 Å². The van der Waals surface area contributed by atoms with Gasteiger partial charge in [0, 0.05) is 6.08 Å². The highest BCUT2D eigenvalue weighted by Crippen LogP contribution is 2.45. The molecule has 3 aliphatic heterocycles. The van der Waals surface area contributed by atoms with Crippen LogP contribution in [0.25, 0.3) is 0 Å². The van der Waals surface area contributed by atoms with E-state index in [0.29, 0.717) is 0 Å². The average Bonchev–Trinajstić information content (AvgIpc) is 3.12. The maximum atomic E-state index is 12.6. The number of carbonyl (C=O) groups excluding carboxylic acids is 2.